The van der Waals surface area contributed by atoms with Gasteiger partial charge in [0.2, 0.25) is 0 Å². The fraction of sp³-hybridized carbons (Fsp3) is 0.231. The van der Waals surface area contributed by atoms with Crippen molar-refractivity contribution in [1.29, 1.82) is 0 Å². The molecule has 0 bridgehead atoms. The summed E-state index contributed by atoms with van der Waals surface area (Å²) in [5.74, 6) is -0.538. The number of benzene rings is 2. The second-order valence-electron chi connectivity index (χ2n) is 7.88. The Bertz CT molecular complexity index is 1270. The second kappa shape index (κ2) is 11.5. The number of hydrogen-bond donors (Lipinski definition) is 1. The molecule has 1 aliphatic rings. The van der Waals surface area contributed by atoms with Crippen molar-refractivity contribution < 1.29 is 32.6 Å². The molecule has 9 nitrogen and oxygen atoms in total. The molecule has 1 aliphatic heterocycles. The molecule has 192 valence electrons. The number of carbonyl (C=O) groups excluding carboxylic acids is 2. The van der Waals surface area contributed by atoms with Crippen LogP contribution in [0.4, 0.5) is 13.6 Å². The first kappa shape index (κ1) is 25.5. The Morgan fingerprint density at radius 3 is 2.49 bits per heavy atom. The fourth-order valence-corrected chi connectivity index (χ4v) is 3.79. The van der Waals surface area contributed by atoms with E-state index in [1.54, 1.807) is 42.5 Å². The van der Waals surface area contributed by atoms with E-state index >= 15 is 0 Å². The molecular formula is C26H24F2N4O5. The van der Waals surface area contributed by atoms with Gasteiger partial charge in [0.1, 0.15) is 11.8 Å². The van der Waals surface area contributed by atoms with E-state index in [-0.39, 0.29) is 11.5 Å². The lowest BCUT2D eigenvalue weighted by Crippen LogP contribution is -2.48. The highest BCUT2D eigenvalue weighted by atomic mass is 19.3. The van der Waals surface area contributed by atoms with Gasteiger partial charge in [0.05, 0.1) is 7.11 Å². The molecule has 2 heterocycles. The van der Waals surface area contributed by atoms with Crippen LogP contribution in [0.1, 0.15) is 41.0 Å². The van der Waals surface area contributed by atoms with Crippen molar-refractivity contribution in [2.24, 2.45) is 5.10 Å². The zero-order chi connectivity index (χ0) is 26.4. The summed E-state index contributed by atoms with van der Waals surface area (Å²) < 4.78 is 41.0. The van der Waals surface area contributed by atoms with Crippen molar-refractivity contribution in [3.05, 3.63) is 89.7 Å². The molecule has 2 aromatic carbocycles. The van der Waals surface area contributed by atoms with E-state index in [2.05, 4.69) is 20.1 Å². The molecule has 0 spiro atoms. The highest BCUT2D eigenvalue weighted by Gasteiger charge is 2.36. The molecule has 0 fully saturated rings. The van der Waals surface area contributed by atoms with Crippen molar-refractivity contribution in [3.8, 4) is 11.5 Å². The molecule has 37 heavy (non-hydrogen) atoms. The van der Waals surface area contributed by atoms with Gasteiger partial charge in [-0.05, 0) is 42.3 Å². The highest BCUT2D eigenvalue weighted by molar-refractivity contribution is 6.06. The number of carbonyl (C=O) groups is 2. The SMILES string of the molecule is CCC1OC(=O)N(C(NC(=O)c2ccncc2)c2ccccc2)N=C1c1ccc(OC(F)F)c(OC)c1. The Morgan fingerprint density at radius 1 is 1.11 bits per heavy atom. The molecule has 2 unspecified atom stereocenters. The molecule has 2 amide bonds. The maximum atomic E-state index is 13.1. The first-order valence-electron chi connectivity index (χ1n) is 11.4. The molecule has 0 saturated carbocycles. The van der Waals surface area contributed by atoms with Gasteiger partial charge in [0.15, 0.2) is 17.7 Å². The maximum Gasteiger partial charge on any atom is 0.433 e. The van der Waals surface area contributed by atoms with Crippen molar-refractivity contribution in [1.82, 2.24) is 15.3 Å². The Hall–Kier alpha value is -4.54. The molecule has 0 radical (unpaired) electrons. The zero-order valence-electron chi connectivity index (χ0n) is 20.0. The molecule has 11 heteroatoms. The van der Waals surface area contributed by atoms with Gasteiger partial charge in [0, 0.05) is 23.5 Å². The number of ether oxygens (including phenoxy) is 3. The van der Waals surface area contributed by atoms with Gasteiger partial charge in [0.25, 0.3) is 5.91 Å². The van der Waals surface area contributed by atoms with Gasteiger partial charge in [-0.25, -0.2) is 4.79 Å². The monoisotopic (exact) mass is 510 g/mol. The van der Waals surface area contributed by atoms with Crippen LogP contribution >= 0.6 is 0 Å². The van der Waals surface area contributed by atoms with E-state index < -0.39 is 30.9 Å². The zero-order valence-corrected chi connectivity index (χ0v) is 20.0. The van der Waals surface area contributed by atoms with Gasteiger partial charge in [-0.2, -0.15) is 18.9 Å². The summed E-state index contributed by atoms with van der Waals surface area (Å²) in [5, 5.41) is 8.46. The molecule has 2 atom stereocenters. The van der Waals surface area contributed by atoms with Gasteiger partial charge in [-0.1, -0.05) is 37.3 Å². The minimum absolute atomic E-state index is 0.0596. The van der Waals surface area contributed by atoms with Crippen LogP contribution in [0.2, 0.25) is 0 Å². The standard InChI is InChI=1S/C26H24F2N4O5/c1-3-19-22(18-9-10-20(36-25(27)28)21(15-18)35-2)31-32(26(34)37-19)23(16-7-5-4-6-8-16)30-24(33)17-11-13-29-14-12-17/h4-15,19,23,25H,3H2,1-2H3,(H,30,33). The van der Waals surface area contributed by atoms with Crippen LogP contribution in [-0.4, -0.2) is 47.5 Å². The Labute approximate surface area is 211 Å². The normalized spacial score (nSPS) is 16.0. The third kappa shape index (κ3) is 5.83. The van der Waals surface area contributed by atoms with E-state index in [4.69, 9.17) is 9.47 Å². The van der Waals surface area contributed by atoms with Gasteiger partial charge in [-0.15, -0.1) is 0 Å². The first-order chi connectivity index (χ1) is 17.9. The lowest BCUT2D eigenvalue weighted by molar-refractivity contribution is -0.0512. The van der Waals surface area contributed by atoms with E-state index in [0.717, 1.165) is 5.01 Å². The average Bonchev–Trinajstić information content (AvgIpc) is 2.92. The third-order valence-corrected chi connectivity index (χ3v) is 5.57. The van der Waals surface area contributed by atoms with Crippen LogP contribution in [0.25, 0.3) is 0 Å². The first-order valence-corrected chi connectivity index (χ1v) is 11.4. The predicted octanol–water partition coefficient (Wildman–Crippen LogP) is 4.76. The van der Waals surface area contributed by atoms with Crippen LogP contribution in [0.3, 0.4) is 0 Å². The van der Waals surface area contributed by atoms with E-state index in [1.807, 2.05) is 6.92 Å². The summed E-state index contributed by atoms with van der Waals surface area (Å²) in [6, 6.07) is 16.2. The van der Waals surface area contributed by atoms with Crippen molar-refractivity contribution in [2.45, 2.75) is 32.2 Å². The number of nitrogens with zero attached hydrogens (tertiary/aromatic N) is 3. The number of hydrazone groups is 1. The smallest absolute Gasteiger partial charge is 0.433 e. The quantitative estimate of drug-likeness (QED) is 0.446. The number of halogens is 2. The van der Waals surface area contributed by atoms with Crippen molar-refractivity contribution >= 4 is 17.7 Å². The molecule has 0 aliphatic carbocycles. The number of nitrogens with one attached hydrogen (secondary N) is 1. The van der Waals surface area contributed by atoms with Gasteiger partial charge < -0.3 is 19.5 Å². The summed E-state index contributed by atoms with van der Waals surface area (Å²) in [5.41, 5.74) is 1.74. The summed E-state index contributed by atoms with van der Waals surface area (Å²) in [6.07, 6.45) is 0.879. The number of methoxy groups -OCH3 is 1. The Kier molecular flexibility index (Phi) is 7.92. The van der Waals surface area contributed by atoms with Crippen LogP contribution in [-0.2, 0) is 4.74 Å². The lowest BCUT2D eigenvalue weighted by Gasteiger charge is -2.34. The van der Waals surface area contributed by atoms with Crippen LogP contribution < -0.4 is 14.8 Å². The van der Waals surface area contributed by atoms with Gasteiger partial charge >= 0.3 is 12.7 Å². The highest BCUT2D eigenvalue weighted by Crippen LogP contribution is 2.32. The molecule has 1 aromatic heterocycles. The summed E-state index contributed by atoms with van der Waals surface area (Å²) in [7, 11) is 1.32. The number of amides is 2. The number of rotatable bonds is 9. The van der Waals surface area contributed by atoms with Crippen LogP contribution in [0.15, 0.2) is 78.2 Å². The van der Waals surface area contributed by atoms with Crippen molar-refractivity contribution in [3.63, 3.8) is 0 Å². The maximum absolute atomic E-state index is 13.1. The number of alkyl halides is 2. The largest absolute Gasteiger partial charge is 0.493 e. The molecule has 4 rings (SSSR count). The number of hydrogen-bond acceptors (Lipinski definition) is 7. The molecular weight excluding hydrogens is 486 g/mol. The second-order valence-corrected chi connectivity index (χ2v) is 7.88. The van der Waals surface area contributed by atoms with E-state index in [1.165, 1.54) is 37.7 Å². The average molecular weight is 510 g/mol. The van der Waals surface area contributed by atoms with Crippen LogP contribution in [0.5, 0.6) is 11.5 Å². The number of cyclic esters (lactones) is 1. The number of pyridine rings is 1. The molecule has 3 aromatic rings. The van der Waals surface area contributed by atoms with E-state index in [9.17, 15) is 18.4 Å². The molecule has 0 saturated heterocycles. The predicted molar refractivity (Wildman–Crippen MR) is 129 cm³/mol. The summed E-state index contributed by atoms with van der Waals surface area (Å²) in [6.45, 7) is -1.21. The van der Waals surface area contributed by atoms with Crippen molar-refractivity contribution in [2.75, 3.05) is 7.11 Å². The minimum Gasteiger partial charge on any atom is -0.493 e. The lowest BCUT2D eigenvalue weighted by atomic mass is 10.0. The van der Waals surface area contributed by atoms with Gasteiger partial charge in [-0.3, -0.25) is 9.78 Å². The third-order valence-electron chi connectivity index (χ3n) is 5.57. The molecule has 1 N–H and O–H groups in total. The summed E-state index contributed by atoms with van der Waals surface area (Å²) >= 11 is 0. The fourth-order valence-electron chi connectivity index (χ4n) is 3.79. The Balaban J connectivity index is 1.75. The summed E-state index contributed by atoms with van der Waals surface area (Å²) in [4.78, 5) is 30.0. The topological polar surface area (TPSA) is 102 Å². The Morgan fingerprint density at radius 2 is 1.84 bits per heavy atom. The minimum atomic E-state index is -3.03. The number of aromatic nitrogens is 1. The van der Waals surface area contributed by atoms with Crippen LogP contribution in [0, 0.1) is 0 Å². The van der Waals surface area contributed by atoms with E-state index in [0.29, 0.717) is 28.8 Å².